The predicted octanol–water partition coefficient (Wildman–Crippen LogP) is 0.690. The normalized spacial score (nSPS) is 19.9. The smallest absolute Gasteiger partial charge is 0.272 e. The van der Waals surface area contributed by atoms with Gasteiger partial charge in [0.1, 0.15) is 0 Å². The average molecular weight is 263 g/mol. The predicted molar refractivity (Wildman–Crippen MR) is 79.6 cm³/mol. The van der Waals surface area contributed by atoms with Crippen molar-refractivity contribution < 1.29 is 4.79 Å². The van der Waals surface area contributed by atoms with Crippen LogP contribution in [0.4, 0.5) is 0 Å². The van der Waals surface area contributed by atoms with Crippen LogP contribution < -0.4 is 15.9 Å². The summed E-state index contributed by atoms with van der Waals surface area (Å²) in [5.74, 6) is -0.219. The highest BCUT2D eigenvalue weighted by molar-refractivity contribution is 6.45. The minimum Gasteiger partial charge on any atom is -0.354 e. The first-order chi connectivity index (χ1) is 9.79. The van der Waals surface area contributed by atoms with Gasteiger partial charge < -0.3 is 5.32 Å². The molecule has 0 unspecified atom stereocenters. The number of hydrogen-bond donors (Lipinski definition) is 1. The van der Waals surface area contributed by atoms with Crippen LogP contribution in [0.1, 0.15) is 11.1 Å². The molecular formula is C16H13N3O. The molecule has 0 saturated carbocycles. The molecule has 3 rings (SSSR count). The van der Waals surface area contributed by atoms with Gasteiger partial charge in [-0.1, -0.05) is 42.5 Å². The van der Waals surface area contributed by atoms with E-state index in [-0.39, 0.29) is 5.91 Å². The molecule has 0 bridgehead atoms. The van der Waals surface area contributed by atoms with Crippen molar-refractivity contribution in [2.24, 2.45) is 10.2 Å². The summed E-state index contributed by atoms with van der Waals surface area (Å²) in [6, 6.07) is 3.90. The third-order valence-corrected chi connectivity index (χ3v) is 3.15. The van der Waals surface area contributed by atoms with Gasteiger partial charge in [0.25, 0.3) is 5.91 Å². The minimum absolute atomic E-state index is 0.219. The van der Waals surface area contributed by atoms with Crippen LogP contribution in [0.25, 0.3) is 12.2 Å². The summed E-state index contributed by atoms with van der Waals surface area (Å²) >= 11 is 0. The molecule has 1 N–H and O–H groups in total. The zero-order chi connectivity index (χ0) is 13.9. The van der Waals surface area contributed by atoms with Crippen LogP contribution in [0, 0.1) is 0 Å². The fourth-order valence-corrected chi connectivity index (χ4v) is 2.14. The van der Waals surface area contributed by atoms with Crippen LogP contribution in [-0.4, -0.2) is 18.7 Å². The molecule has 0 fully saturated rings. The zero-order valence-corrected chi connectivity index (χ0v) is 11.0. The number of likely N-dealkylation sites (N-methyl/N-ethyl adjacent to an activating group) is 1. The molecule has 0 atom stereocenters. The van der Waals surface area contributed by atoms with Gasteiger partial charge in [0.05, 0.1) is 5.36 Å². The minimum atomic E-state index is -0.219. The summed E-state index contributed by atoms with van der Waals surface area (Å²) in [7, 11) is 1.59. The quantitative estimate of drug-likeness (QED) is 0.796. The highest BCUT2D eigenvalue weighted by atomic mass is 16.1. The SMILES string of the molecule is CNC(=O)C1=NN=c2cc3\c(cc21)=C/C=C\C=C/C=C3. The van der Waals surface area contributed by atoms with Crippen molar-refractivity contribution in [3.8, 4) is 0 Å². The average Bonchev–Trinajstić information content (AvgIpc) is 2.91. The summed E-state index contributed by atoms with van der Waals surface area (Å²) in [5.41, 5.74) is 2.19. The monoisotopic (exact) mass is 263 g/mol. The summed E-state index contributed by atoms with van der Waals surface area (Å²) in [6.07, 6.45) is 13.9. The Bertz CT molecular complexity index is 811. The summed E-state index contributed by atoms with van der Waals surface area (Å²) < 4.78 is 0. The molecule has 1 aliphatic heterocycles. The Hall–Kier alpha value is -2.75. The maximum Gasteiger partial charge on any atom is 0.272 e. The lowest BCUT2D eigenvalue weighted by Gasteiger charge is -2.02. The van der Waals surface area contributed by atoms with Gasteiger partial charge in [0.2, 0.25) is 0 Å². The largest absolute Gasteiger partial charge is 0.354 e. The van der Waals surface area contributed by atoms with Crippen LogP contribution in [0.3, 0.4) is 0 Å². The molecule has 20 heavy (non-hydrogen) atoms. The maximum atomic E-state index is 11.8. The van der Waals surface area contributed by atoms with Crippen molar-refractivity contribution in [3.63, 3.8) is 0 Å². The van der Waals surface area contributed by atoms with Gasteiger partial charge in [-0.3, -0.25) is 4.79 Å². The van der Waals surface area contributed by atoms with Crippen molar-refractivity contribution in [2.75, 3.05) is 7.05 Å². The van der Waals surface area contributed by atoms with Gasteiger partial charge in [-0.05, 0) is 22.9 Å². The van der Waals surface area contributed by atoms with Crippen molar-refractivity contribution in [3.05, 3.63) is 64.2 Å². The summed E-state index contributed by atoms with van der Waals surface area (Å²) in [4.78, 5) is 11.8. The van der Waals surface area contributed by atoms with Crippen molar-refractivity contribution in [2.45, 2.75) is 0 Å². The van der Waals surface area contributed by atoms with Crippen LogP contribution >= 0.6 is 0 Å². The van der Waals surface area contributed by atoms with E-state index < -0.39 is 0 Å². The van der Waals surface area contributed by atoms with E-state index in [0.717, 1.165) is 21.7 Å². The molecule has 0 aromatic heterocycles. The number of carbonyl (C=O) groups is 1. The van der Waals surface area contributed by atoms with Gasteiger partial charge in [-0.25, -0.2) is 0 Å². The van der Waals surface area contributed by atoms with E-state index in [4.69, 9.17) is 0 Å². The number of benzene rings is 1. The van der Waals surface area contributed by atoms with Crippen LogP contribution in [0.15, 0.2) is 52.7 Å². The molecule has 98 valence electrons. The standard InChI is InChI=1S/C16H13N3O/c1-17-16(20)15-13-9-11-7-5-3-2-4-6-8-12(11)10-14(13)18-19-15/h2-10H,1H3,(H,17,20)/b3-2?,4-2-,5-3-,6-4?,7-5?,8-6?,11-7-,12-8?. The molecule has 4 heteroatoms. The molecule has 2 aliphatic rings. The Morgan fingerprint density at radius 1 is 1.05 bits per heavy atom. The van der Waals surface area contributed by atoms with E-state index in [9.17, 15) is 4.79 Å². The number of fused-ring (bicyclic) bond motifs is 2. The number of nitrogens with one attached hydrogen (secondary N) is 1. The van der Waals surface area contributed by atoms with Crippen molar-refractivity contribution >= 4 is 23.8 Å². The van der Waals surface area contributed by atoms with Crippen molar-refractivity contribution in [1.82, 2.24) is 5.32 Å². The van der Waals surface area contributed by atoms with Gasteiger partial charge in [0, 0.05) is 12.6 Å². The van der Waals surface area contributed by atoms with E-state index >= 15 is 0 Å². The molecule has 1 heterocycles. The number of rotatable bonds is 1. The molecule has 4 nitrogen and oxygen atoms in total. The number of allylic oxidation sites excluding steroid dienone is 5. The van der Waals surface area contributed by atoms with E-state index in [1.54, 1.807) is 7.05 Å². The maximum absolute atomic E-state index is 11.8. The lowest BCUT2D eigenvalue weighted by molar-refractivity contribution is -0.114. The topological polar surface area (TPSA) is 53.8 Å². The van der Waals surface area contributed by atoms with E-state index in [1.165, 1.54) is 0 Å². The van der Waals surface area contributed by atoms with Crippen LogP contribution in [0.5, 0.6) is 0 Å². The van der Waals surface area contributed by atoms with Crippen LogP contribution in [0.2, 0.25) is 0 Å². The van der Waals surface area contributed by atoms with Gasteiger partial charge >= 0.3 is 0 Å². The first kappa shape index (κ1) is 12.3. The second-order valence-electron chi connectivity index (χ2n) is 4.42. The second kappa shape index (κ2) is 5.09. The highest BCUT2D eigenvalue weighted by Gasteiger charge is 2.19. The molecule has 1 aliphatic carbocycles. The molecule has 1 amide bonds. The number of hydrogen-bond acceptors (Lipinski definition) is 3. The first-order valence-corrected chi connectivity index (χ1v) is 6.33. The third-order valence-electron chi connectivity index (χ3n) is 3.15. The Kier molecular flexibility index (Phi) is 3.13. The fraction of sp³-hybridized carbons (Fsp3) is 0.0625. The molecule has 0 saturated heterocycles. The highest BCUT2D eigenvalue weighted by Crippen LogP contribution is 2.04. The van der Waals surface area contributed by atoms with Gasteiger partial charge in [-0.2, -0.15) is 0 Å². The number of amides is 1. The van der Waals surface area contributed by atoms with E-state index in [0.29, 0.717) is 5.71 Å². The zero-order valence-electron chi connectivity index (χ0n) is 11.0. The van der Waals surface area contributed by atoms with E-state index in [2.05, 4.69) is 15.5 Å². The fourth-order valence-electron chi connectivity index (χ4n) is 2.14. The number of carbonyl (C=O) groups excluding carboxylic acids is 1. The first-order valence-electron chi connectivity index (χ1n) is 6.33. The molecule has 1 aromatic carbocycles. The lowest BCUT2D eigenvalue weighted by Crippen LogP contribution is -2.31. The second-order valence-corrected chi connectivity index (χ2v) is 4.42. The lowest BCUT2D eigenvalue weighted by atomic mass is 10.0. The third kappa shape index (κ3) is 2.12. The molecule has 0 spiro atoms. The van der Waals surface area contributed by atoms with Gasteiger partial charge in [0.15, 0.2) is 5.71 Å². The Balaban J connectivity index is 2.19. The molecular weight excluding hydrogens is 250 g/mol. The Morgan fingerprint density at radius 2 is 1.85 bits per heavy atom. The molecule has 0 radical (unpaired) electrons. The van der Waals surface area contributed by atoms with Gasteiger partial charge in [-0.15, -0.1) is 10.2 Å². The number of nitrogens with zero attached hydrogens (tertiary/aromatic N) is 2. The Labute approximate surface area is 116 Å². The Morgan fingerprint density at radius 3 is 2.70 bits per heavy atom. The van der Waals surface area contributed by atoms with Crippen molar-refractivity contribution in [1.29, 1.82) is 0 Å². The molecule has 1 aromatic rings. The summed E-state index contributed by atoms with van der Waals surface area (Å²) in [6.45, 7) is 0. The van der Waals surface area contributed by atoms with E-state index in [1.807, 2.05) is 54.7 Å². The summed E-state index contributed by atoms with van der Waals surface area (Å²) in [5, 5.41) is 12.4. The van der Waals surface area contributed by atoms with Crippen LogP contribution in [-0.2, 0) is 4.79 Å².